The Kier molecular flexibility index (Phi) is 7.25. The van der Waals surface area contributed by atoms with Crippen molar-refractivity contribution in [3.8, 4) is 5.75 Å². The molecule has 2 aliphatic rings. The molecule has 0 fully saturated rings. The highest BCUT2D eigenvalue weighted by Crippen LogP contribution is 2.39. The normalized spacial score (nSPS) is 19.0. The van der Waals surface area contributed by atoms with Crippen molar-refractivity contribution < 1.29 is 18.7 Å². The average Bonchev–Trinajstić information content (AvgIpc) is 3.49. The molecule has 0 aliphatic carbocycles. The van der Waals surface area contributed by atoms with Crippen molar-refractivity contribution in [1.29, 1.82) is 0 Å². The minimum absolute atomic E-state index is 0.0400. The Morgan fingerprint density at radius 1 is 1.16 bits per heavy atom. The number of aliphatic imine (C=N–C) groups is 1. The Labute approximate surface area is 222 Å². The third-order valence-electron chi connectivity index (χ3n) is 5.99. The minimum atomic E-state index is -0.670. The van der Waals surface area contributed by atoms with Crippen molar-refractivity contribution in [2.45, 2.75) is 24.1 Å². The molecule has 2 aliphatic heterocycles. The molecular weight excluding hydrogens is 515 g/mol. The summed E-state index contributed by atoms with van der Waals surface area (Å²) in [5.74, 6) is -0.403. The molecule has 0 aromatic heterocycles. The molecule has 2 unspecified atom stereocenters. The highest BCUT2D eigenvalue weighted by atomic mass is 35.5. The van der Waals surface area contributed by atoms with Gasteiger partial charge in [0.15, 0.2) is 5.17 Å². The van der Waals surface area contributed by atoms with Crippen LogP contribution >= 0.6 is 23.4 Å². The van der Waals surface area contributed by atoms with Gasteiger partial charge in [0.2, 0.25) is 5.91 Å². The van der Waals surface area contributed by atoms with Crippen molar-refractivity contribution in [3.63, 3.8) is 0 Å². The molecular formula is C27H22ClFN4O3S. The van der Waals surface area contributed by atoms with Gasteiger partial charge in [-0.25, -0.2) is 9.40 Å². The maximum atomic E-state index is 13.5. The number of methoxy groups -OCH3 is 1. The molecule has 1 N–H and O–H groups in total. The number of benzene rings is 3. The number of hydrogen-bond acceptors (Lipinski definition) is 6. The Hall–Kier alpha value is -3.69. The van der Waals surface area contributed by atoms with Gasteiger partial charge in [-0.15, -0.1) is 0 Å². The molecule has 10 heteroatoms. The summed E-state index contributed by atoms with van der Waals surface area (Å²) in [7, 11) is 1.55. The molecule has 188 valence electrons. The summed E-state index contributed by atoms with van der Waals surface area (Å²) in [6, 6.07) is 20.3. The van der Waals surface area contributed by atoms with Crippen LogP contribution in [0.2, 0.25) is 5.02 Å². The number of hydrazone groups is 1. The molecule has 3 aromatic rings. The first kappa shape index (κ1) is 25.0. The Morgan fingerprint density at radius 3 is 2.65 bits per heavy atom. The number of carbonyl (C=O) groups is 2. The maximum Gasteiger partial charge on any atom is 0.262 e. The van der Waals surface area contributed by atoms with Crippen LogP contribution in [0.25, 0.3) is 0 Å². The fourth-order valence-electron chi connectivity index (χ4n) is 4.13. The number of halogens is 2. The predicted molar refractivity (Wildman–Crippen MR) is 144 cm³/mol. The van der Waals surface area contributed by atoms with Gasteiger partial charge in [0, 0.05) is 29.6 Å². The van der Waals surface area contributed by atoms with E-state index >= 15 is 0 Å². The average molecular weight is 537 g/mol. The van der Waals surface area contributed by atoms with Crippen molar-refractivity contribution in [1.82, 2.24) is 5.01 Å². The monoisotopic (exact) mass is 536 g/mol. The number of amides is 2. The van der Waals surface area contributed by atoms with Crippen LogP contribution < -0.4 is 10.1 Å². The highest BCUT2D eigenvalue weighted by molar-refractivity contribution is 8.15. The quantitative estimate of drug-likeness (QED) is 0.439. The molecule has 0 bridgehead atoms. The molecule has 5 rings (SSSR count). The fraction of sp³-hybridized carbons (Fsp3) is 0.185. The predicted octanol–water partition coefficient (Wildman–Crippen LogP) is 5.67. The summed E-state index contributed by atoms with van der Waals surface area (Å²) in [5.41, 5.74) is 3.05. The SMILES string of the molecule is COc1cccc(NC(=O)CC2SC(N3N=C(c4ccc(F)cc4)CC3c3ccc(Cl)cc3)=NC2=O)c1. The first-order valence-corrected chi connectivity index (χ1v) is 12.8. The maximum absolute atomic E-state index is 13.5. The lowest BCUT2D eigenvalue weighted by atomic mass is 9.99. The number of hydrogen-bond donors (Lipinski definition) is 1. The summed E-state index contributed by atoms with van der Waals surface area (Å²) < 4.78 is 18.7. The van der Waals surface area contributed by atoms with Gasteiger partial charge in [-0.1, -0.05) is 53.7 Å². The summed E-state index contributed by atoms with van der Waals surface area (Å²) in [4.78, 5) is 29.7. The summed E-state index contributed by atoms with van der Waals surface area (Å²) in [6.07, 6.45) is 0.490. The molecule has 0 spiro atoms. The van der Waals surface area contributed by atoms with E-state index in [-0.39, 0.29) is 30.1 Å². The Bertz CT molecular complexity index is 1400. The zero-order valence-electron chi connectivity index (χ0n) is 19.7. The van der Waals surface area contributed by atoms with E-state index < -0.39 is 5.25 Å². The standard InChI is InChI=1S/C27H22ClFN4O3S/c1-36-21-4-2-3-20(13-21)30-25(34)15-24-26(35)31-27(37-24)33-23(17-5-9-18(28)10-6-17)14-22(32-33)16-7-11-19(29)12-8-16/h2-13,23-24H,14-15H2,1H3,(H,30,34). The van der Waals surface area contributed by atoms with E-state index in [9.17, 15) is 14.0 Å². The third kappa shape index (κ3) is 5.68. The van der Waals surface area contributed by atoms with Crippen LogP contribution in [0.5, 0.6) is 5.75 Å². The van der Waals surface area contributed by atoms with E-state index in [2.05, 4.69) is 10.3 Å². The molecule has 7 nitrogen and oxygen atoms in total. The first-order chi connectivity index (χ1) is 17.9. The van der Waals surface area contributed by atoms with E-state index in [1.165, 1.54) is 23.9 Å². The summed E-state index contributed by atoms with van der Waals surface area (Å²) >= 11 is 7.30. The van der Waals surface area contributed by atoms with Crippen LogP contribution in [0.1, 0.15) is 30.0 Å². The van der Waals surface area contributed by atoms with Gasteiger partial charge in [-0.2, -0.15) is 10.1 Å². The number of nitrogens with zero attached hydrogens (tertiary/aromatic N) is 3. The van der Waals surface area contributed by atoms with Crippen molar-refractivity contribution in [2.75, 3.05) is 12.4 Å². The van der Waals surface area contributed by atoms with E-state index in [1.807, 2.05) is 12.1 Å². The van der Waals surface area contributed by atoms with Crippen LogP contribution in [-0.2, 0) is 9.59 Å². The number of ether oxygens (including phenoxy) is 1. The molecule has 2 atom stereocenters. The second-order valence-electron chi connectivity index (χ2n) is 8.49. The van der Waals surface area contributed by atoms with Crippen molar-refractivity contribution >= 4 is 51.7 Å². The molecule has 3 aromatic carbocycles. The number of carbonyl (C=O) groups excluding carboxylic acids is 2. The molecule has 37 heavy (non-hydrogen) atoms. The van der Waals surface area contributed by atoms with Gasteiger partial charge in [0.25, 0.3) is 5.91 Å². The van der Waals surface area contributed by atoms with Gasteiger partial charge in [-0.05, 0) is 47.5 Å². The second-order valence-corrected chi connectivity index (χ2v) is 10.1. The van der Waals surface area contributed by atoms with E-state index in [0.29, 0.717) is 28.0 Å². The molecule has 0 radical (unpaired) electrons. The van der Waals surface area contributed by atoms with Gasteiger partial charge >= 0.3 is 0 Å². The molecule has 0 saturated carbocycles. The molecule has 2 amide bonds. The van der Waals surface area contributed by atoms with Crippen LogP contribution in [-0.4, -0.2) is 40.1 Å². The van der Waals surface area contributed by atoms with Crippen molar-refractivity contribution in [3.05, 3.63) is 94.8 Å². The molecule has 2 heterocycles. The number of anilines is 1. The lowest BCUT2D eigenvalue weighted by molar-refractivity contribution is -0.121. The number of nitrogens with one attached hydrogen (secondary N) is 1. The van der Waals surface area contributed by atoms with Gasteiger partial charge in [0.05, 0.1) is 18.9 Å². The zero-order chi connectivity index (χ0) is 25.9. The van der Waals surface area contributed by atoms with Gasteiger partial charge in [0.1, 0.15) is 16.8 Å². The van der Waals surface area contributed by atoms with E-state index in [0.717, 1.165) is 16.8 Å². The summed E-state index contributed by atoms with van der Waals surface area (Å²) in [5, 5.41) is 9.63. The Morgan fingerprint density at radius 2 is 1.92 bits per heavy atom. The Balaban J connectivity index is 1.34. The largest absolute Gasteiger partial charge is 0.497 e. The minimum Gasteiger partial charge on any atom is -0.497 e. The number of amidine groups is 1. The third-order valence-corrected chi connectivity index (χ3v) is 7.39. The smallest absolute Gasteiger partial charge is 0.262 e. The van der Waals surface area contributed by atoms with Crippen LogP contribution in [0, 0.1) is 5.82 Å². The van der Waals surface area contributed by atoms with E-state index in [1.54, 1.807) is 60.6 Å². The number of rotatable bonds is 6. The highest BCUT2D eigenvalue weighted by Gasteiger charge is 2.39. The fourth-order valence-corrected chi connectivity index (χ4v) is 5.32. The lowest BCUT2D eigenvalue weighted by Crippen LogP contribution is -2.25. The van der Waals surface area contributed by atoms with Gasteiger partial charge < -0.3 is 10.1 Å². The number of thioether (sulfide) groups is 1. The van der Waals surface area contributed by atoms with Gasteiger partial charge in [-0.3, -0.25) is 9.59 Å². The summed E-state index contributed by atoms with van der Waals surface area (Å²) in [6.45, 7) is 0. The lowest BCUT2D eigenvalue weighted by Gasteiger charge is -2.23. The van der Waals surface area contributed by atoms with Crippen molar-refractivity contribution in [2.24, 2.45) is 10.1 Å². The first-order valence-electron chi connectivity index (χ1n) is 11.5. The van der Waals surface area contributed by atoms with Crippen LogP contribution in [0.15, 0.2) is 82.9 Å². The zero-order valence-corrected chi connectivity index (χ0v) is 21.3. The second kappa shape index (κ2) is 10.7. The van der Waals surface area contributed by atoms with E-state index in [4.69, 9.17) is 21.4 Å². The van der Waals surface area contributed by atoms with Crippen LogP contribution in [0.4, 0.5) is 10.1 Å². The topological polar surface area (TPSA) is 83.4 Å². The molecule has 0 saturated heterocycles. The van der Waals surface area contributed by atoms with Crippen LogP contribution in [0.3, 0.4) is 0 Å².